The lowest BCUT2D eigenvalue weighted by Crippen LogP contribution is -2.22. The Morgan fingerprint density at radius 3 is 2.88 bits per heavy atom. The second-order valence-corrected chi connectivity index (χ2v) is 5.06. The summed E-state index contributed by atoms with van der Waals surface area (Å²) in [7, 11) is 2.00. The van der Waals surface area contributed by atoms with Gasteiger partial charge in [0.05, 0.1) is 12.6 Å². The van der Waals surface area contributed by atoms with Crippen LogP contribution in [0.2, 0.25) is 0 Å². The Hall–Kier alpha value is -0.860. The highest BCUT2D eigenvalue weighted by molar-refractivity contribution is 5.25. The molecule has 1 fully saturated rings. The molecule has 1 N–H and O–H groups in total. The molecule has 0 bridgehead atoms. The Bertz CT molecular complexity index is 347. The number of likely N-dealkylation sites (N-methyl/N-ethyl adjacent to an activating group) is 1. The normalized spacial score (nSPS) is 17.1. The van der Waals surface area contributed by atoms with Gasteiger partial charge >= 0.3 is 0 Å². The molecule has 0 saturated heterocycles. The van der Waals surface area contributed by atoms with Crippen LogP contribution in [-0.4, -0.2) is 20.3 Å². The fraction of sp³-hybridized carbons (Fsp3) is 0.600. The molecule has 2 rings (SSSR count). The molecule has 1 atom stereocenters. The standard InChI is InChI=1S/C15H23NO/c1-12-4-3-5-14(10-12)15(16-2)11-17-9-8-13-6-7-13/h3-5,10,13,15-16H,6-9,11H2,1-2H3. The molecule has 2 heteroatoms. The highest BCUT2D eigenvalue weighted by atomic mass is 16.5. The summed E-state index contributed by atoms with van der Waals surface area (Å²) in [6.45, 7) is 3.81. The van der Waals surface area contributed by atoms with Crippen LogP contribution in [0.3, 0.4) is 0 Å². The van der Waals surface area contributed by atoms with Crippen LogP contribution in [0, 0.1) is 12.8 Å². The smallest absolute Gasteiger partial charge is 0.0661 e. The van der Waals surface area contributed by atoms with Crippen LogP contribution in [0.4, 0.5) is 0 Å². The van der Waals surface area contributed by atoms with E-state index >= 15 is 0 Å². The van der Waals surface area contributed by atoms with Crippen LogP contribution in [0.5, 0.6) is 0 Å². The van der Waals surface area contributed by atoms with E-state index in [9.17, 15) is 0 Å². The zero-order valence-electron chi connectivity index (χ0n) is 10.9. The third-order valence-corrected chi connectivity index (χ3v) is 3.44. The zero-order chi connectivity index (χ0) is 12.1. The van der Waals surface area contributed by atoms with Crippen molar-refractivity contribution in [1.82, 2.24) is 5.32 Å². The van der Waals surface area contributed by atoms with Crippen molar-refractivity contribution in [2.75, 3.05) is 20.3 Å². The van der Waals surface area contributed by atoms with Crippen molar-refractivity contribution >= 4 is 0 Å². The number of aryl methyl sites for hydroxylation is 1. The molecule has 17 heavy (non-hydrogen) atoms. The largest absolute Gasteiger partial charge is 0.379 e. The summed E-state index contributed by atoms with van der Waals surface area (Å²) in [5, 5.41) is 3.32. The summed E-state index contributed by atoms with van der Waals surface area (Å²) in [4.78, 5) is 0. The second-order valence-electron chi connectivity index (χ2n) is 5.06. The molecule has 0 aromatic heterocycles. The van der Waals surface area contributed by atoms with E-state index in [2.05, 4.69) is 36.5 Å². The van der Waals surface area contributed by atoms with Crippen molar-refractivity contribution < 1.29 is 4.74 Å². The number of ether oxygens (including phenoxy) is 1. The highest BCUT2D eigenvalue weighted by Gasteiger charge is 2.20. The summed E-state index contributed by atoms with van der Waals surface area (Å²) in [6.07, 6.45) is 4.07. The molecule has 1 saturated carbocycles. The van der Waals surface area contributed by atoms with Gasteiger partial charge in [-0.25, -0.2) is 0 Å². The monoisotopic (exact) mass is 233 g/mol. The van der Waals surface area contributed by atoms with Crippen LogP contribution >= 0.6 is 0 Å². The molecule has 0 heterocycles. The molecule has 2 nitrogen and oxygen atoms in total. The predicted molar refractivity (Wildman–Crippen MR) is 71.1 cm³/mol. The van der Waals surface area contributed by atoms with E-state index in [0.29, 0.717) is 6.04 Å². The highest BCUT2D eigenvalue weighted by Crippen LogP contribution is 2.32. The zero-order valence-corrected chi connectivity index (χ0v) is 10.9. The first-order chi connectivity index (χ1) is 8.29. The number of hydrogen-bond donors (Lipinski definition) is 1. The van der Waals surface area contributed by atoms with Crippen LogP contribution in [0.15, 0.2) is 24.3 Å². The molecule has 94 valence electrons. The Balaban J connectivity index is 1.78. The molecule has 0 amide bonds. The van der Waals surface area contributed by atoms with Gasteiger partial charge in [-0.05, 0) is 31.9 Å². The molecule has 1 aliphatic carbocycles. The van der Waals surface area contributed by atoms with Crippen molar-refractivity contribution in [3.05, 3.63) is 35.4 Å². The van der Waals surface area contributed by atoms with Gasteiger partial charge in [0, 0.05) is 6.61 Å². The van der Waals surface area contributed by atoms with Crippen molar-refractivity contribution in [3.63, 3.8) is 0 Å². The second kappa shape index (κ2) is 6.18. The van der Waals surface area contributed by atoms with Gasteiger partial charge in [-0.2, -0.15) is 0 Å². The molecular formula is C15H23NO. The summed E-state index contributed by atoms with van der Waals surface area (Å²) in [5.74, 6) is 0.960. The van der Waals surface area contributed by atoms with Gasteiger partial charge in [0.1, 0.15) is 0 Å². The van der Waals surface area contributed by atoms with E-state index in [1.54, 1.807) is 0 Å². The molecule has 1 aliphatic rings. The quantitative estimate of drug-likeness (QED) is 0.731. The lowest BCUT2D eigenvalue weighted by atomic mass is 10.1. The molecule has 0 radical (unpaired) electrons. The molecule has 1 unspecified atom stereocenters. The fourth-order valence-corrected chi connectivity index (χ4v) is 2.09. The average molecular weight is 233 g/mol. The molecule has 1 aromatic rings. The van der Waals surface area contributed by atoms with Crippen molar-refractivity contribution in [3.8, 4) is 0 Å². The Kier molecular flexibility index (Phi) is 4.57. The van der Waals surface area contributed by atoms with Gasteiger partial charge in [-0.15, -0.1) is 0 Å². The molecule has 1 aromatic carbocycles. The first-order valence-electron chi connectivity index (χ1n) is 6.61. The van der Waals surface area contributed by atoms with Crippen LogP contribution in [0.1, 0.15) is 36.4 Å². The van der Waals surface area contributed by atoms with Gasteiger partial charge < -0.3 is 10.1 Å². The van der Waals surface area contributed by atoms with E-state index in [1.807, 2.05) is 7.05 Å². The third-order valence-electron chi connectivity index (χ3n) is 3.44. The van der Waals surface area contributed by atoms with E-state index in [1.165, 1.54) is 30.4 Å². The molecule has 0 spiro atoms. The Labute approximate surface area is 104 Å². The minimum Gasteiger partial charge on any atom is -0.379 e. The maximum Gasteiger partial charge on any atom is 0.0661 e. The Morgan fingerprint density at radius 1 is 1.41 bits per heavy atom. The third kappa shape index (κ3) is 4.14. The van der Waals surface area contributed by atoms with E-state index < -0.39 is 0 Å². The van der Waals surface area contributed by atoms with Gasteiger partial charge in [0.25, 0.3) is 0 Å². The SMILES string of the molecule is CNC(COCCC1CC1)c1cccc(C)c1. The first-order valence-corrected chi connectivity index (χ1v) is 6.61. The van der Waals surface area contributed by atoms with Crippen LogP contribution < -0.4 is 5.32 Å². The minimum absolute atomic E-state index is 0.314. The molecular weight excluding hydrogens is 210 g/mol. The maximum atomic E-state index is 5.77. The fourth-order valence-electron chi connectivity index (χ4n) is 2.09. The summed E-state index contributed by atoms with van der Waals surface area (Å²) < 4.78 is 5.77. The number of hydrogen-bond acceptors (Lipinski definition) is 2. The number of rotatable bonds is 7. The van der Waals surface area contributed by atoms with Gasteiger partial charge in [0.2, 0.25) is 0 Å². The summed E-state index contributed by atoms with van der Waals surface area (Å²) in [5.41, 5.74) is 2.62. The lowest BCUT2D eigenvalue weighted by molar-refractivity contribution is 0.108. The van der Waals surface area contributed by atoms with Crippen molar-refractivity contribution in [2.45, 2.75) is 32.2 Å². The average Bonchev–Trinajstić information content (AvgIpc) is 3.13. The topological polar surface area (TPSA) is 21.3 Å². The Morgan fingerprint density at radius 2 is 2.24 bits per heavy atom. The summed E-state index contributed by atoms with van der Waals surface area (Å²) in [6, 6.07) is 8.95. The first kappa shape index (κ1) is 12.6. The number of benzene rings is 1. The van der Waals surface area contributed by atoms with Gasteiger partial charge in [-0.1, -0.05) is 42.7 Å². The van der Waals surface area contributed by atoms with E-state index in [4.69, 9.17) is 4.74 Å². The van der Waals surface area contributed by atoms with Crippen LogP contribution in [-0.2, 0) is 4.74 Å². The lowest BCUT2D eigenvalue weighted by Gasteiger charge is -2.17. The van der Waals surface area contributed by atoms with Crippen LogP contribution in [0.25, 0.3) is 0 Å². The van der Waals surface area contributed by atoms with E-state index in [0.717, 1.165) is 19.1 Å². The van der Waals surface area contributed by atoms with Gasteiger partial charge in [-0.3, -0.25) is 0 Å². The maximum absolute atomic E-state index is 5.77. The van der Waals surface area contributed by atoms with Crippen molar-refractivity contribution in [2.24, 2.45) is 5.92 Å². The predicted octanol–water partition coefficient (Wildman–Crippen LogP) is 3.07. The minimum atomic E-state index is 0.314. The summed E-state index contributed by atoms with van der Waals surface area (Å²) >= 11 is 0. The van der Waals surface area contributed by atoms with Crippen molar-refractivity contribution in [1.29, 1.82) is 0 Å². The van der Waals surface area contributed by atoms with E-state index in [-0.39, 0.29) is 0 Å². The molecule has 0 aliphatic heterocycles. The number of nitrogens with one attached hydrogen (secondary N) is 1. The van der Waals surface area contributed by atoms with Gasteiger partial charge in [0.15, 0.2) is 0 Å².